The highest BCUT2D eigenvalue weighted by Gasteiger charge is 2.78. The number of rotatable bonds is 5. The fourth-order valence-corrected chi connectivity index (χ4v) is 3.63. The van der Waals surface area contributed by atoms with Gasteiger partial charge in [0.2, 0.25) is 11.4 Å². The molecule has 5 rings (SSSR count). The van der Waals surface area contributed by atoms with Gasteiger partial charge in [0.25, 0.3) is 0 Å². The van der Waals surface area contributed by atoms with Crippen LogP contribution in [0.4, 0.5) is 5.82 Å². The van der Waals surface area contributed by atoms with E-state index in [2.05, 4.69) is 35.6 Å². The Morgan fingerprint density at radius 2 is 2.28 bits per heavy atom. The molecule has 2 fully saturated rings. The van der Waals surface area contributed by atoms with Crippen LogP contribution >= 0.6 is 11.6 Å². The first kappa shape index (κ1) is 18.1. The average molecular weight is 426 g/mol. The fourth-order valence-electron chi connectivity index (χ4n) is 3.46. The highest BCUT2D eigenvalue weighted by molar-refractivity contribution is 6.28. The van der Waals surface area contributed by atoms with Gasteiger partial charge >= 0.3 is 5.97 Å². The van der Waals surface area contributed by atoms with Gasteiger partial charge in [-0.3, -0.25) is 4.57 Å². The molecule has 1 saturated heterocycles. The summed E-state index contributed by atoms with van der Waals surface area (Å²) in [6, 6.07) is 0. The van der Waals surface area contributed by atoms with Crippen molar-refractivity contribution in [2.24, 2.45) is 0 Å². The van der Waals surface area contributed by atoms with E-state index in [4.69, 9.17) is 26.8 Å². The molecule has 1 aliphatic heterocycles. The van der Waals surface area contributed by atoms with E-state index in [1.54, 1.807) is 0 Å². The normalized spacial score (nSPS) is 31.7. The second-order valence-electron chi connectivity index (χ2n) is 6.54. The molecule has 1 unspecified atom stereocenters. The molecule has 0 aromatic carbocycles. The molecule has 2 aliphatic rings. The van der Waals surface area contributed by atoms with Crippen molar-refractivity contribution in [1.82, 2.24) is 40.1 Å². The lowest BCUT2D eigenvalue weighted by Gasteiger charge is -2.24. The summed E-state index contributed by atoms with van der Waals surface area (Å²) in [7, 11) is 0. The number of hydrogen-bond donors (Lipinski definition) is 5. The molecule has 3 aromatic rings. The van der Waals surface area contributed by atoms with E-state index in [1.165, 1.54) is 10.9 Å². The highest BCUT2D eigenvalue weighted by atomic mass is 35.5. The second kappa shape index (κ2) is 6.01. The molecule has 29 heavy (non-hydrogen) atoms. The van der Waals surface area contributed by atoms with E-state index in [0.717, 1.165) is 0 Å². The van der Waals surface area contributed by atoms with Crippen molar-refractivity contribution in [1.29, 1.82) is 0 Å². The van der Waals surface area contributed by atoms with Crippen molar-refractivity contribution in [2.45, 2.75) is 36.2 Å². The molecule has 3 aromatic heterocycles. The van der Waals surface area contributed by atoms with Crippen molar-refractivity contribution in [3.8, 4) is 0 Å². The van der Waals surface area contributed by atoms with Crippen LogP contribution in [0.1, 0.15) is 18.2 Å². The van der Waals surface area contributed by atoms with E-state index in [-0.39, 0.29) is 28.1 Å². The van der Waals surface area contributed by atoms with Gasteiger partial charge in [-0.05, 0) is 22.0 Å². The number of fused-ring (bicyclic) bond motifs is 2. The number of hydrogen-bond acceptors (Lipinski definition) is 12. The number of carbonyl (C=O) groups is 1. The van der Waals surface area contributed by atoms with E-state index >= 15 is 0 Å². The summed E-state index contributed by atoms with van der Waals surface area (Å²) in [5.74, 6) is -1.51. The first-order valence-electron chi connectivity index (χ1n) is 8.15. The number of nitrogens with zero attached hydrogens (tertiary/aromatic N) is 7. The van der Waals surface area contributed by atoms with Gasteiger partial charge in [-0.25, -0.2) is 14.9 Å². The molecular weight excluding hydrogens is 414 g/mol. The van der Waals surface area contributed by atoms with Crippen LogP contribution in [0, 0.1) is 0 Å². The summed E-state index contributed by atoms with van der Waals surface area (Å²) in [6.07, 6.45) is -4.99. The summed E-state index contributed by atoms with van der Waals surface area (Å²) in [5, 5.41) is 43.1. The van der Waals surface area contributed by atoms with Gasteiger partial charge in [0.05, 0.1) is 6.33 Å². The van der Waals surface area contributed by atoms with Gasteiger partial charge in [0, 0.05) is 0 Å². The van der Waals surface area contributed by atoms with Crippen LogP contribution in [0.2, 0.25) is 5.28 Å². The molecule has 6 N–H and O–H groups in total. The summed E-state index contributed by atoms with van der Waals surface area (Å²) < 4.78 is 12.4. The summed E-state index contributed by atoms with van der Waals surface area (Å²) in [5.41, 5.74) is 4.35. The van der Waals surface area contributed by atoms with Crippen molar-refractivity contribution < 1.29 is 29.6 Å². The quantitative estimate of drug-likeness (QED) is 0.274. The van der Waals surface area contributed by atoms with Gasteiger partial charge < -0.3 is 30.5 Å². The van der Waals surface area contributed by atoms with Crippen molar-refractivity contribution in [3.63, 3.8) is 0 Å². The number of carboxylic acids is 1. The van der Waals surface area contributed by atoms with E-state index in [9.17, 15) is 20.1 Å². The van der Waals surface area contributed by atoms with Gasteiger partial charge in [0.1, 0.15) is 23.8 Å². The molecule has 1 saturated carbocycles. The fraction of sp³-hybridized carbons (Fsp3) is 0.462. The zero-order chi connectivity index (χ0) is 20.5. The van der Waals surface area contributed by atoms with E-state index < -0.39 is 42.2 Å². The van der Waals surface area contributed by atoms with Crippen LogP contribution < -0.4 is 5.73 Å². The molecule has 4 heterocycles. The molecule has 152 valence electrons. The highest BCUT2D eigenvalue weighted by Crippen LogP contribution is 2.56. The molecule has 0 amide bonds. The van der Waals surface area contributed by atoms with Crippen LogP contribution in [0.15, 0.2) is 6.33 Å². The number of H-pyrrole nitrogens is 1. The predicted octanol–water partition coefficient (Wildman–Crippen LogP) is -2.21. The summed E-state index contributed by atoms with van der Waals surface area (Å²) in [4.78, 5) is 23.3. The maximum absolute atomic E-state index is 11.5. The Labute approximate surface area is 164 Å². The van der Waals surface area contributed by atoms with Crippen molar-refractivity contribution >= 4 is 34.6 Å². The summed E-state index contributed by atoms with van der Waals surface area (Å²) >= 11 is 5.83. The number of carboxylic acid groups (broad SMARTS) is 1. The van der Waals surface area contributed by atoms with E-state index in [1.807, 2.05) is 0 Å². The molecule has 0 spiro atoms. The van der Waals surface area contributed by atoms with Crippen LogP contribution in [0.25, 0.3) is 11.2 Å². The first-order chi connectivity index (χ1) is 13.8. The third-order valence-corrected chi connectivity index (χ3v) is 5.09. The third kappa shape index (κ3) is 2.49. The Hall–Kier alpha value is -2.98. The van der Waals surface area contributed by atoms with Gasteiger partial charge in [-0.2, -0.15) is 9.97 Å². The Morgan fingerprint density at radius 3 is 2.90 bits per heavy atom. The molecule has 1 aliphatic carbocycles. The minimum absolute atomic E-state index is 0.0429. The maximum Gasteiger partial charge on any atom is 0.340 e. The van der Waals surface area contributed by atoms with Gasteiger partial charge in [-0.15, -0.1) is 5.10 Å². The monoisotopic (exact) mass is 425 g/mol. The minimum Gasteiger partial charge on any atom is -0.479 e. The standard InChI is InChI=1S/C13H12ClN9O6/c14-12-17-7(15)2-9(18-12)23(1-16-2)10-4(24)13(27)5(6(13)29-10)28-3(11(25)26)8-19-21-22-20-8/h1,3-6,10,24,27H,(H,25,26)(H2,15,17,18)(H,19,20,21,22)/t3-,4-,5?,6+,10+,13+/m0/s1. The number of ether oxygens (including phenoxy) is 2. The van der Waals surface area contributed by atoms with Crippen LogP contribution in [0.3, 0.4) is 0 Å². The van der Waals surface area contributed by atoms with Gasteiger partial charge in [-0.1, -0.05) is 0 Å². The number of anilines is 1. The number of aromatic nitrogens is 8. The number of aliphatic hydroxyl groups excluding tert-OH is 1. The lowest BCUT2D eigenvalue weighted by Crippen LogP contribution is -2.38. The Balaban J connectivity index is 1.40. The Kier molecular flexibility index (Phi) is 3.74. The zero-order valence-electron chi connectivity index (χ0n) is 14.1. The van der Waals surface area contributed by atoms with Crippen LogP contribution in [0.5, 0.6) is 0 Å². The van der Waals surface area contributed by atoms with E-state index in [0.29, 0.717) is 0 Å². The first-order valence-corrected chi connectivity index (χ1v) is 8.53. The minimum atomic E-state index is -1.86. The maximum atomic E-state index is 11.5. The zero-order valence-corrected chi connectivity index (χ0v) is 14.9. The van der Waals surface area contributed by atoms with Crippen LogP contribution in [-0.4, -0.2) is 85.3 Å². The third-order valence-electron chi connectivity index (χ3n) is 4.92. The molecular formula is C13H12ClN9O6. The number of tetrazole rings is 1. The summed E-state index contributed by atoms with van der Waals surface area (Å²) in [6.45, 7) is 0. The Bertz CT molecular complexity index is 1110. The average Bonchev–Trinajstić information content (AvgIpc) is 3.14. The van der Waals surface area contributed by atoms with Crippen molar-refractivity contribution in [3.05, 3.63) is 17.4 Å². The van der Waals surface area contributed by atoms with Gasteiger partial charge in [0.15, 0.2) is 29.1 Å². The second-order valence-corrected chi connectivity index (χ2v) is 6.88. The number of aliphatic carboxylic acids is 1. The molecule has 16 heteroatoms. The molecule has 6 atom stereocenters. The number of nitrogen functional groups attached to an aromatic ring is 1. The number of nitrogens with one attached hydrogen (secondary N) is 1. The topological polar surface area (TPSA) is 220 Å². The predicted molar refractivity (Wildman–Crippen MR) is 89.0 cm³/mol. The molecule has 0 radical (unpaired) electrons. The largest absolute Gasteiger partial charge is 0.479 e. The number of nitrogens with two attached hydrogens (primary N) is 1. The lowest BCUT2D eigenvalue weighted by molar-refractivity contribution is -0.162. The lowest BCUT2D eigenvalue weighted by atomic mass is 10.1. The smallest absolute Gasteiger partial charge is 0.340 e. The van der Waals surface area contributed by atoms with Crippen LogP contribution in [-0.2, 0) is 14.3 Å². The molecule has 15 nitrogen and oxygen atoms in total. The SMILES string of the molecule is Nc1nc(Cl)nc2c1ncn2[C@@H]1O[C@@H]2C(O[C@H](C(=O)O)c3nnn[nH]3)[C@]2(O)[C@H]1O. The van der Waals surface area contributed by atoms with Crippen molar-refractivity contribution in [2.75, 3.05) is 5.73 Å². The number of imidazole rings is 1. The number of halogens is 1. The number of aromatic amines is 1. The molecule has 0 bridgehead atoms. The number of aliphatic hydroxyl groups is 2. The Morgan fingerprint density at radius 1 is 1.48 bits per heavy atom.